The summed E-state index contributed by atoms with van der Waals surface area (Å²) in [6, 6.07) is 8.25. The Kier molecular flexibility index (Phi) is 2.56. The number of carbonyl (C=O) groups is 2. The third kappa shape index (κ3) is 1.97. The van der Waals surface area contributed by atoms with Crippen LogP contribution in [-0.2, 0) is 9.59 Å². The number of rotatable bonds is 3. The average Bonchev–Trinajstić information content (AvgIpc) is 3.11. The van der Waals surface area contributed by atoms with Gasteiger partial charge in [-0.05, 0) is 37.1 Å². The monoisotopic (exact) mass is 230 g/mol. The summed E-state index contributed by atoms with van der Waals surface area (Å²) in [4.78, 5) is 22.6. The first kappa shape index (κ1) is 11.1. The van der Waals surface area contributed by atoms with Crippen molar-refractivity contribution in [3.63, 3.8) is 0 Å². The Bertz CT molecular complexity index is 510. The SMILES string of the molecule is N#Cc1ccc(NC(=O)C2(C(=O)O)CC2)cc1. The van der Waals surface area contributed by atoms with Crippen molar-refractivity contribution >= 4 is 17.6 Å². The zero-order chi connectivity index (χ0) is 12.5. The molecule has 1 amide bonds. The molecule has 2 rings (SSSR count). The highest BCUT2D eigenvalue weighted by Crippen LogP contribution is 2.46. The zero-order valence-corrected chi connectivity index (χ0v) is 8.93. The predicted octanol–water partition coefficient (Wildman–Crippen LogP) is 1.36. The normalized spacial score (nSPS) is 15.7. The van der Waals surface area contributed by atoms with Crippen LogP contribution in [-0.4, -0.2) is 17.0 Å². The number of carboxylic acids is 1. The van der Waals surface area contributed by atoms with Crippen molar-refractivity contribution in [1.29, 1.82) is 5.26 Å². The largest absolute Gasteiger partial charge is 0.480 e. The number of hydrogen-bond acceptors (Lipinski definition) is 3. The van der Waals surface area contributed by atoms with Gasteiger partial charge in [-0.3, -0.25) is 9.59 Å². The zero-order valence-electron chi connectivity index (χ0n) is 8.93. The van der Waals surface area contributed by atoms with Crippen LogP contribution in [0, 0.1) is 16.7 Å². The van der Waals surface area contributed by atoms with Gasteiger partial charge in [0.25, 0.3) is 0 Å². The number of carbonyl (C=O) groups excluding carboxylic acids is 1. The number of anilines is 1. The van der Waals surface area contributed by atoms with E-state index in [1.807, 2.05) is 6.07 Å². The molecule has 0 atom stereocenters. The van der Waals surface area contributed by atoms with Crippen molar-refractivity contribution in [2.45, 2.75) is 12.8 Å². The maximum Gasteiger partial charge on any atom is 0.319 e. The van der Waals surface area contributed by atoms with Crippen LogP contribution in [0.25, 0.3) is 0 Å². The van der Waals surface area contributed by atoms with Gasteiger partial charge in [0.2, 0.25) is 5.91 Å². The van der Waals surface area contributed by atoms with E-state index in [1.54, 1.807) is 24.3 Å². The maximum atomic E-state index is 11.7. The summed E-state index contributed by atoms with van der Waals surface area (Å²) in [5.41, 5.74) is -0.252. The molecular formula is C12H10N2O3. The average molecular weight is 230 g/mol. The molecule has 0 saturated heterocycles. The van der Waals surface area contributed by atoms with Crippen molar-refractivity contribution in [2.24, 2.45) is 5.41 Å². The number of nitriles is 1. The lowest BCUT2D eigenvalue weighted by molar-refractivity contribution is -0.147. The van der Waals surface area contributed by atoms with Crippen LogP contribution in [0.4, 0.5) is 5.69 Å². The molecule has 0 aromatic heterocycles. The fourth-order valence-electron chi connectivity index (χ4n) is 1.54. The first-order valence-corrected chi connectivity index (χ1v) is 5.13. The predicted molar refractivity (Wildman–Crippen MR) is 59.1 cm³/mol. The van der Waals surface area contributed by atoms with E-state index in [4.69, 9.17) is 10.4 Å². The quantitative estimate of drug-likeness (QED) is 0.767. The van der Waals surface area contributed by atoms with Crippen molar-refractivity contribution < 1.29 is 14.7 Å². The Morgan fingerprint density at radius 1 is 1.29 bits per heavy atom. The lowest BCUT2D eigenvalue weighted by Gasteiger charge is -2.10. The molecule has 0 radical (unpaired) electrons. The highest BCUT2D eigenvalue weighted by molar-refractivity contribution is 6.10. The van der Waals surface area contributed by atoms with Gasteiger partial charge in [0.05, 0.1) is 11.6 Å². The van der Waals surface area contributed by atoms with Gasteiger partial charge in [-0.15, -0.1) is 0 Å². The second-order valence-electron chi connectivity index (χ2n) is 4.03. The molecule has 17 heavy (non-hydrogen) atoms. The summed E-state index contributed by atoms with van der Waals surface area (Å²) in [7, 11) is 0. The molecule has 0 bridgehead atoms. The van der Waals surface area contributed by atoms with Gasteiger partial charge in [-0.1, -0.05) is 0 Å². The minimum atomic E-state index is -1.24. The number of carboxylic acid groups (broad SMARTS) is 1. The van der Waals surface area contributed by atoms with E-state index in [2.05, 4.69) is 5.32 Å². The second kappa shape index (κ2) is 3.91. The number of nitrogens with one attached hydrogen (secondary N) is 1. The second-order valence-corrected chi connectivity index (χ2v) is 4.03. The maximum absolute atomic E-state index is 11.7. The standard InChI is InChI=1S/C12H10N2O3/c13-7-8-1-3-9(4-2-8)14-10(15)12(5-6-12)11(16)17/h1-4H,5-6H2,(H,14,15)(H,16,17). The van der Waals surface area contributed by atoms with Gasteiger partial charge >= 0.3 is 5.97 Å². The minimum absolute atomic E-state index is 0.379. The summed E-state index contributed by atoms with van der Waals surface area (Å²) in [5, 5.41) is 20.1. The summed E-state index contributed by atoms with van der Waals surface area (Å²) >= 11 is 0. The lowest BCUT2D eigenvalue weighted by atomic mass is 10.1. The Hall–Kier alpha value is -2.35. The van der Waals surface area contributed by atoms with E-state index < -0.39 is 17.3 Å². The van der Waals surface area contributed by atoms with E-state index >= 15 is 0 Å². The van der Waals surface area contributed by atoms with Gasteiger partial charge in [-0.2, -0.15) is 5.26 Å². The van der Waals surface area contributed by atoms with E-state index in [9.17, 15) is 9.59 Å². The topological polar surface area (TPSA) is 90.2 Å². The molecule has 86 valence electrons. The number of hydrogen-bond donors (Lipinski definition) is 2. The van der Waals surface area contributed by atoms with Crippen LogP contribution in [0.15, 0.2) is 24.3 Å². The molecule has 1 saturated carbocycles. The highest BCUT2D eigenvalue weighted by Gasteiger charge is 2.57. The summed E-state index contributed by atoms with van der Waals surface area (Å²) in [5.74, 6) is -1.57. The molecule has 2 N–H and O–H groups in total. The molecule has 0 spiro atoms. The molecule has 1 aliphatic rings. The Morgan fingerprint density at radius 2 is 1.88 bits per heavy atom. The van der Waals surface area contributed by atoms with Crippen LogP contribution >= 0.6 is 0 Å². The van der Waals surface area contributed by atoms with Crippen molar-refractivity contribution in [3.8, 4) is 6.07 Å². The van der Waals surface area contributed by atoms with Gasteiger partial charge < -0.3 is 10.4 Å². The van der Waals surface area contributed by atoms with Gasteiger partial charge in [-0.25, -0.2) is 0 Å². The molecule has 5 nitrogen and oxygen atoms in total. The summed E-state index contributed by atoms with van der Waals surface area (Å²) in [6.45, 7) is 0. The number of nitrogens with zero attached hydrogens (tertiary/aromatic N) is 1. The van der Waals surface area contributed by atoms with Crippen LogP contribution in [0.5, 0.6) is 0 Å². The molecule has 1 fully saturated rings. The summed E-state index contributed by atoms with van der Waals surface area (Å²) in [6.07, 6.45) is 0.759. The van der Waals surface area contributed by atoms with Crippen LogP contribution in [0.3, 0.4) is 0 Å². The molecule has 0 aliphatic heterocycles. The number of amides is 1. The molecule has 1 aliphatic carbocycles. The lowest BCUT2D eigenvalue weighted by Crippen LogP contribution is -2.31. The Morgan fingerprint density at radius 3 is 2.29 bits per heavy atom. The first-order chi connectivity index (χ1) is 8.08. The third-order valence-electron chi connectivity index (χ3n) is 2.87. The molecule has 5 heteroatoms. The molecule has 1 aromatic rings. The smallest absolute Gasteiger partial charge is 0.319 e. The third-order valence-corrected chi connectivity index (χ3v) is 2.87. The van der Waals surface area contributed by atoms with Crippen LogP contribution in [0.1, 0.15) is 18.4 Å². The number of benzene rings is 1. The van der Waals surface area contributed by atoms with Crippen LogP contribution in [0.2, 0.25) is 0 Å². The fraction of sp³-hybridized carbons (Fsp3) is 0.250. The summed E-state index contributed by atoms with van der Waals surface area (Å²) < 4.78 is 0. The Labute approximate surface area is 97.7 Å². The minimum Gasteiger partial charge on any atom is -0.480 e. The first-order valence-electron chi connectivity index (χ1n) is 5.13. The van der Waals surface area contributed by atoms with E-state index in [0.717, 1.165) is 0 Å². The van der Waals surface area contributed by atoms with E-state index in [0.29, 0.717) is 24.1 Å². The van der Waals surface area contributed by atoms with Crippen molar-refractivity contribution in [2.75, 3.05) is 5.32 Å². The van der Waals surface area contributed by atoms with Crippen molar-refractivity contribution in [1.82, 2.24) is 0 Å². The van der Waals surface area contributed by atoms with E-state index in [1.165, 1.54) is 0 Å². The van der Waals surface area contributed by atoms with Crippen molar-refractivity contribution in [3.05, 3.63) is 29.8 Å². The molecular weight excluding hydrogens is 220 g/mol. The van der Waals surface area contributed by atoms with E-state index in [-0.39, 0.29) is 0 Å². The fourth-order valence-corrected chi connectivity index (χ4v) is 1.54. The molecule has 0 heterocycles. The highest BCUT2D eigenvalue weighted by atomic mass is 16.4. The van der Waals surface area contributed by atoms with Crippen LogP contribution < -0.4 is 5.32 Å². The van der Waals surface area contributed by atoms with Gasteiger partial charge in [0, 0.05) is 5.69 Å². The molecule has 0 unspecified atom stereocenters. The number of aliphatic carboxylic acids is 1. The Balaban J connectivity index is 2.09. The van der Waals surface area contributed by atoms with Gasteiger partial charge in [0.15, 0.2) is 0 Å². The van der Waals surface area contributed by atoms with Gasteiger partial charge in [0.1, 0.15) is 5.41 Å². The molecule has 1 aromatic carbocycles.